The van der Waals surface area contributed by atoms with E-state index in [1.165, 1.54) is 4.90 Å². The van der Waals surface area contributed by atoms with Crippen molar-refractivity contribution in [3.63, 3.8) is 0 Å². The molecule has 0 fully saturated rings. The minimum atomic E-state index is -0.0256. The van der Waals surface area contributed by atoms with Crippen molar-refractivity contribution < 1.29 is 0 Å². The molecular formula is C16H14N2OS. The molecule has 0 bridgehead atoms. The average Bonchev–Trinajstić information content (AvgIpc) is 2.47. The first-order valence-corrected chi connectivity index (χ1v) is 7.38. The maximum atomic E-state index is 12.1. The predicted molar refractivity (Wildman–Crippen MR) is 82.2 cm³/mol. The summed E-state index contributed by atoms with van der Waals surface area (Å²) < 4.78 is 1.59. The highest BCUT2D eigenvalue weighted by atomic mass is 32.2. The van der Waals surface area contributed by atoms with Crippen molar-refractivity contribution in [3.05, 3.63) is 76.3 Å². The fourth-order valence-electron chi connectivity index (χ4n) is 2.01. The third kappa shape index (κ3) is 2.75. The van der Waals surface area contributed by atoms with Crippen molar-refractivity contribution in [2.75, 3.05) is 0 Å². The smallest absolute Gasteiger partial charge is 0.258 e. The van der Waals surface area contributed by atoms with Gasteiger partial charge in [-0.25, -0.2) is 4.98 Å². The molecule has 1 aromatic carbocycles. The molecule has 4 heteroatoms. The largest absolute Gasteiger partial charge is 0.269 e. The lowest BCUT2D eigenvalue weighted by atomic mass is 10.3. The molecule has 0 saturated carbocycles. The summed E-state index contributed by atoms with van der Waals surface area (Å²) in [5.74, 6) is 0.698. The molecule has 100 valence electrons. The van der Waals surface area contributed by atoms with Crippen molar-refractivity contribution in [1.82, 2.24) is 9.38 Å². The Morgan fingerprint density at radius 1 is 1.15 bits per heavy atom. The molecule has 20 heavy (non-hydrogen) atoms. The number of benzene rings is 1. The lowest BCUT2D eigenvalue weighted by Gasteiger charge is -2.05. The zero-order valence-corrected chi connectivity index (χ0v) is 11.9. The lowest BCUT2D eigenvalue weighted by Crippen LogP contribution is -2.15. The monoisotopic (exact) mass is 282 g/mol. The first-order chi connectivity index (χ1) is 9.72. The van der Waals surface area contributed by atoms with Gasteiger partial charge in [0.1, 0.15) is 5.65 Å². The van der Waals surface area contributed by atoms with Crippen LogP contribution >= 0.6 is 11.8 Å². The zero-order chi connectivity index (χ0) is 13.9. The Balaban J connectivity index is 1.89. The number of aromatic nitrogens is 2. The van der Waals surface area contributed by atoms with E-state index in [-0.39, 0.29) is 5.56 Å². The highest BCUT2D eigenvalue weighted by Crippen LogP contribution is 2.20. The molecule has 0 amide bonds. The van der Waals surface area contributed by atoms with E-state index in [1.54, 1.807) is 22.2 Å². The van der Waals surface area contributed by atoms with Crippen LogP contribution in [0.3, 0.4) is 0 Å². The van der Waals surface area contributed by atoms with Crippen molar-refractivity contribution in [2.24, 2.45) is 0 Å². The molecule has 0 saturated heterocycles. The minimum Gasteiger partial charge on any atom is -0.269 e. The quantitative estimate of drug-likeness (QED) is 0.691. The van der Waals surface area contributed by atoms with E-state index in [1.807, 2.05) is 43.5 Å². The van der Waals surface area contributed by atoms with Crippen LogP contribution in [0.2, 0.25) is 0 Å². The van der Waals surface area contributed by atoms with Crippen LogP contribution in [0.5, 0.6) is 0 Å². The Bertz CT molecular complexity index is 796. The third-order valence-corrected chi connectivity index (χ3v) is 4.04. The number of hydrogen-bond acceptors (Lipinski definition) is 3. The Labute approximate surface area is 121 Å². The summed E-state index contributed by atoms with van der Waals surface area (Å²) >= 11 is 1.68. The van der Waals surface area contributed by atoms with Gasteiger partial charge in [-0.15, -0.1) is 11.8 Å². The standard InChI is InChI=1S/C16H14N2OS/c1-12-7-8-15-17-13(9-16(19)18(15)10-12)11-20-14-5-3-2-4-6-14/h2-10H,11H2,1H3. The van der Waals surface area contributed by atoms with E-state index in [0.29, 0.717) is 11.4 Å². The molecule has 3 nitrogen and oxygen atoms in total. The Hall–Kier alpha value is -2.07. The maximum absolute atomic E-state index is 12.1. The van der Waals surface area contributed by atoms with E-state index in [4.69, 9.17) is 0 Å². The normalized spacial score (nSPS) is 10.8. The van der Waals surface area contributed by atoms with Gasteiger partial charge in [0.2, 0.25) is 0 Å². The number of hydrogen-bond donors (Lipinski definition) is 0. The first-order valence-electron chi connectivity index (χ1n) is 6.39. The summed E-state index contributed by atoms with van der Waals surface area (Å²) in [6.07, 6.45) is 1.82. The summed E-state index contributed by atoms with van der Waals surface area (Å²) in [5, 5.41) is 0. The maximum Gasteiger partial charge on any atom is 0.258 e. The van der Waals surface area contributed by atoms with E-state index in [2.05, 4.69) is 17.1 Å². The molecular weight excluding hydrogens is 268 g/mol. The summed E-state index contributed by atoms with van der Waals surface area (Å²) in [6, 6.07) is 15.6. The third-order valence-electron chi connectivity index (χ3n) is 2.99. The number of pyridine rings is 1. The molecule has 0 radical (unpaired) electrons. The van der Waals surface area contributed by atoms with Crippen molar-refractivity contribution in [1.29, 1.82) is 0 Å². The molecule has 0 N–H and O–H groups in total. The van der Waals surface area contributed by atoms with E-state index in [9.17, 15) is 4.79 Å². The molecule has 3 aromatic rings. The first kappa shape index (κ1) is 12.9. The van der Waals surface area contributed by atoms with Crippen LogP contribution in [0.4, 0.5) is 0 Å². The Kier molecular flexibility index (Phi) is 3.56. The second kappa shape index (κ2) is 5.51. The van der Waals surface area contributed by atoms with Gasteiger partial charge in [0.25, 0.3) is 5.56 Å². The van der Waals surface area contributed by atoms with Crippen LogP contribution in [0, 0.1) is 6.92 Å². The van der Waals surface area contributed by atoms with Gasteiger partial charge in [0.15, 0.2) is 0 Å². The number of aryl methyl sites for hydroxylation is 1. The number of fused-ring (bicyclic) bond motifs is 1. The number of rotatable bonds is 3. The molecule has 0 aliphatic heterocycles. The van der Waals surface area contributed by atoms with Gasteiger partial charge in [0, 0.05) is 22.9 Å². The lowest BCUT2D eigenvalue weighted by molar-refractivity contribution is 1.00. The number of thioether (sulfide) groups is 1. The predicted octanol–water partition coefficient (Wildman–Crippen LogP) is 3.30. The van der Waals surface area contributed by atoms with Crippen LogP contribution in [0.1, 0.15) is 11.3 Å². The van der Waals surface area contributed by atoms with Gasteiger partial charge in [-0.1, -0.05) is 24.3 Å². The van der Waals surface area contributed by atoms with Gasteiger partial charge in [0.05, 0.1) is 5.69 Å². The average molecular weight is 282 g/mol. The fourth-order valence-corrected chi connectivity index (χ4v) is 2.82. The zero-order valence-electron chi connectivity index (χ0n) is 11.1. The SMILES string of the molecule is Cc1ccc2nc(CSc3ccccc3)cc(=O)n2c1. The van der Waals surface area contributed by atoms with Crippen molar-refractivity contribution >= 4 is 17.4 Å². The summed E-state index contributed by atoms with van der Waals surface area (Å²) in [6.45, 7) is 1.96. The minimum absolute atomic E-state index is 0.0256. The fraction of sp³-hybridized carbons (Fsp3) is 0.125. The van der Waals surface area contributed by atoms with E-state index < -0.39 is 0 Å². The van der Waals surface area contributed by atoms with Gasteiger partial charge in [-0.2, -0.15) is 0 Å². The molecule has 3 rings (SSSR count). The van der Waals surface area contributed by atoms with Gasteiger partial charge >= 0.3 is 0 Å². The second-order valence-corrected chi connectivity index (χ2v) is 5.67. The molecule has 0 unspecified atom stereocenters. The van der Waals surface area contributed by atoms with Gasteiger partial charge in [-0.3, -0.25) is 9.20 Å². The van der Waals surface area contributed by atoms with Crippen LogP contribution in [-0.4, -0.2) is 9.38 Å². The molecule has 0 aliphatic carbocycles. The summed E-state index contributed by atoms with van der Waals surface area (Å²) in [5.41, 5.74) is 2.54. The Morgan fingerprint density at radius 3 is 2.75 bits per heavy atom. The van der Waals surface area contributed by atoms with E-state index >= 15 is 0 Å². The van der Waals surface area contributed by atoms with Crippen molar-refractivity contribution in [2.45, 2.75) is 17.6 Å². The molecule has 2 heterocycles. The number of nitrogens with zero attached hydrogens (tertiary/aromatic N) is 2. The van der Waals surface area contributed by atoms with Crippen LogP contribution in [0.15, 0.2) is 64.4 Å². The molecule has 0 atom stereocenters. The molecule has 2 aromatic heterocycles. The van der Waals surface area contributed by atoms with Gasteiger partial charge in [-0.05, 0) is 30.7 Å². The van der Waals surface area contributed by atoms with Gasteiger partial charge < -0.3 is 0 Å². The summed E-state index contributed by atoms with van der Waals surface area (Å²) in [7, 11) is 0. The van der Waals surface area contributed by atoms with E-state index in [0.717, 1.165) is 11.3 Å². The highest BCUT2D eigenvalue weighted by molar-refractivity contribution is 7.98. The van der Waals surface area contributed by atoms with Crippen LogP contribution < -0.4 is 5.56 Å². The Morgan fingerprint density at radius 2 is 1.95 bits per heavy atom. The second-order valence-electron chi connectivity index (χ2n) is 4.62. The van der Waals surface area contributed by atoms with Crippen LogP contribution in [-0.2, 0) is 5.75 Å². The molecule has 0 spiro atoms. The topological polar surface area (TPSA) is 34.4 Å². The van der Waals surface area contributed by atoms with Crippen LogP contribution in [0.25, 0.3) is 5.65 Å². The van der Waals surface area contributed by atoms with Crippen molar-refractivity contribution in [3.8, 4) is 0 Å². The highest BCUT2D eigenvalue weighted by Gasteiger charge is 2.03. The molecule has 0 aliphatic rings. The summed E-state index contributed by atoms with van der Waals surface area (Å²) in [4.78, 5) is 17.8.